The Balaban J connectivity index is 1.38. The molecule has 3 aromatic rings. The fraction of sp³-hybridized carbons (Fsp3) is 0.250. The van der Waals surface area contributed by atoms with E-state index in [-0.39, 0.29) is 18.4 Å². The van der Waals surface area contributed by atoms with Crippen LogP contribution in [0.15, 0.2) is 71.1 Å². The van der Waals surface area contributed by atoms with Gasteiger partial charge >= 0.3 is 5.97 Å². The number of esters is 1. The van der Waals surface area contributed by atoms with Crippen LogP contribution in [0.5, 0.6) is 0 Å². The zero-order valence-electron chi connectivity index (χ0n) is 16.3. The molecule has 5 nitrogen and oxygen atoms in total. The molecule has 1 N–H and O–H groups in total. The van der Waals surface area contributed by atoms with Crippen LogP contribution in [0.1, 0.15) is 36.7 Å². The molecular formula is C24H22FNO4. The zero-order valence-corrected chi connectivity index (χ0v) is 16.3. The molecule has 1 unspecified atom stereocenters. The maximum Gasteiger partial charge on any atom is 0.307 e. The van der Waals surface area contributed by atoms with E-state index >= 15 is 0 Å². The summed E-state index contributed by atoms with van der Waals surface area (Å²) in [6.07, 6.45) is 1.15. The third-order valence-corrected chi connectivity index (χ3v) is 4.88. The van der Waals surface area contributed by atoms with E-state index in [4.69, 9.17) is 9.15 Å². The van der Waals surface area contributed by atoms with Crippen molar-refractivity contribution in [2.24, 2.45) is 0 Å². The second kappa shape index (κ2) is 8.95. The Labute approximate surface area is 173 Å². The van der Waals surface area contributed by atoms with Gasteiger partial charge in [-0.2, -0.15) is 0 Å². The highest BCUT2D eigenvalue weighted by Gasteiger charge is 2.30. The van der Waals surface area contributed by atoms with E-state index in [0.717, 1.165) is 24.2 Å². The minimum absolute atomic E-state index is 0.0656. The molecule has 1 atom stereocenters. The second-order valence-corrected chi connectivity index (χ2v) is 7.34. The highest BCUT2D eigenvalue weighted by atomic mass is 19.1. The van der Waals surface area contributed by atoms with E-state index in [1.807, 2.05) is 42.5 Å². The van der Waals surface area contributed by atoms with Crippen molar-refractivity contribution in [2.45, 2.75) is 37.8 Å². The molecule has 154 valence electrons. The van der Waals surface area contributed by atoms with Gasteiger partial charge in [-0.3, -0.25) is 9.59 Å². The van der Waals surface area contributed by atoms with E-state index in [1.54, 1.807) is 0 Å². The smallest absolute Gasteiger partial charge is 0.307 e. The molecule has 2 aromatic carbocycles. The first-order valence-corrected chi connectivity index (χ1v) is 9.98. The number of halogens is 1. The van der Waals surface area contributed by atoms with Crippen LogP contribution >= 0.6 is 0 Å². The number of carbonyl (C=O) groups excluding carboxylic acids is 2. The Morgan fingerprint density at radius 1 is 1.03 bits per heavy atom. The second-order valence-electron chi connectivity index (χ2n) is 7.34. The van der Waals surface area contributed by atoms with Gasteiger partial charge in [-0.1, -0.05) is 42.5 Å². The summed E-state index contributed by atoms with van der Waals surface area (Å²) in [5, 5.41) is 2.84. The molecular weight excluding hydrogens is 385 g/mol. The van der Waals surface area contributed by atoms with Crippen molar-refractivity contribution in [1.29, 1.82) is 0 Å². The summed E-state index contributed by atoms with van der Waals surface area (Å²) in [6, 6.07) is 18.9. The summed E-state index contributed by atoms with van der Waals surface area (Å²) in [4.78, 5) is 25.0. The first-order valence-electron chi connectivity index (χ1n) is 9.98. The number of hydrogen-bond donors (Lipinski definition) is 1. The number of furan rings is 1. The standard InChI is InChI=1S/C24H22FNO4/c25-18-8-6-17(7-9-18)23(24(28)26-19-10-11-19)30-22(27)15-13-20-12-14-21(29-20)16-4-2-1-3-5-16/h1-9,12,14,19,23H,10-11,13,15H2,(H,26,28). The van der Waals surface area contributed by atoms with Crippen molar-refractivity contribution < 1.29 is 23.1 Å². The summed E-state index contributed by atoms with van der Waals surface area (Å²) in [6.45, 7) is 0. The first-order chi connectivity index (χ1) is 14.6. The Hall–Kier alpha value is -3.41. The van der Waals surface area contributed by atoms with Crippen LogP contribution < -0.4 is 5.32 Å². The highest BCUT2D eigenvalue weighted by molar-refractivity contribution is 5.85. The fourth-order valence-corrected chi connectivity index (χ4v) is 3.10. The van der Waals surface area contributed by atoms with Gasteiger partial charge in [0.25, 0.3) is 5.91 Å². The third kappa shape index (κ3) is 5.14. The van der Waals surface area contributed by atoms with E-state index in [0.29, 0.717) is 17.7 Å². The summed E-state index contributed by atoms with van der Waals surface area (Å²) in [5.74, 6) is 0.0618. The van der Waals surface area contributed by atoms with E-state index < -0.39 is 17.9 Å². The molecule has 0 radical (unpaired) electrons. The average molecular weight is 407 g/mol. The Kier molecular flexibility index (Phi) is 5.93. The fourth-order valence-electron chi connectivity index (χ4n) is 3.10. The maximum absolute atomic E-state index is 13.2. The molecule has 1 fully saturated rings. The normalized spacial score (nSPS) is 14.2. The lowest BCUT2D eigenvalue weighted by Gasteiger charge is -2.18. The molecule has 30 heavy (non-hydrogen) atoms. The van der Waals surface area contributed by atoms with Crippen LogP contribution in [0.4, 0.5) is 4.39 Å². The molecule has 1 aliphatic carbocycles. The van der Waals surface area contributed by atoms with E-state index in [9.17, 15) is 14.0 Å². The van der Waals surface area contributed by atoms with Crippen molar-refractivity contribution in [1.82, 2.24) is 5.32 Å². The molecule has 1 amide bonds. The molecule has 1 aliphatic rings. The number of amides is 1. The molecule has 0 aliphatic heterocycles. The predicted molar refractivity (Wildman–Crippen MR) is 109 cm³/mol. The first kappa shape index (κ1) is 19.9. The van der Waals surface area contributed by atoms with Gasteiger partial charge in [-0.15, -0.1) is 0 Å². The Morgan fingerprint density at radius 3 is 2.47 bits per heavy atom. The van der Waals surface area contributed by atoms with Gasteiger partial charge in [0.15, 0.2) is 0 Å². The van der Waals surface area contributed by atoms with Gasteiger partial charge in [0, 0.05) is 23.6 Å². The number of carbonyl (C=O) groups is 2. The molecule has 1 aromatic heterocycles. The summed E-state index contributed by atoms with van der Waals surface area (Å²) >= 11 is 0. The lowest BCUT2D eigenvalue weighted by Crippen LogP contribution is -2.33. The third-order valence-electron chi connectivity index (χ3n) is 4.88. The van der Waals surface area contributed by atoms with Gasteiger partial charge in [-0.25, -0.2) is 4.39 Å². The molecule has 1 saturated carbocycles. The van der Waals surface area contributed by atoms with Crippen molar-refractivity contribution in [2.75, 3.05) is 0 Å². The van der Waals surface area contributed by atoms with Gasteiger partial charge < -0.3 is 14.5 Å². The van der Waals surface area contributed by atoms with Crippen LogP contribution in [-0.2, 0) is 20.7 Å². The zero-order chi connectivity index (χ0) is 20.9. The van der Waals surface area contributed by atoms with Crippen LogP contribution in [-0.4, -0.2) is 17.9 Å². The number of hydrogen-bond acceptors (Lipinski definition) is 4. The minimum Gasteiger partial charge on any atom is -0.461 e. The SMILES string of the molecule is O=C(CCc1ccc(-c2ccccc2)o1)OC(C(=O)NC1CC1)c1ccc(F)cc1. The molecule has 1 heterocycles. The van der Waals surface area contributed by atoms with Crippen LogP contribution in [0, 0.1) is 5.82 Å². The monoisotopic (exact) mass is 407 g/mol. The molecule has 0 bridgehead atoms. The maximum atomic E-state index is 13.2. The van der Waals surface area contributed by atoms with Crippen molar-refractivity contribution >= 4 is 11.9 Å². The Bertz CT molecular complexity index is 1010. The number of aryl methyl sites for hydroxylation is 1. The minimum atomic E-state index is -1.10. The average Bonchev–Trinajstić information content (AvgIpc) is 3.45. The van der Waals surface area contributed by atoms with E-state index in [1.165, 1.54) is 24.3 Å². The van der Waals surface area contributed by atoms with Gasteiger partial charge in [-0.05, 0) is 37.1 Å². The largest absolute Gasteiger partial charge is 0.461 e. The van der Waals surface area contributed by atoms with Gasteiger partial charge in [0.05, 0.1) is 6.42 Å². The van der Waals surface area contributed by atoms with Crippen LogP contribution in [0.25, 0.3) is 11.3 Å². The van der Waals surface area contributed by atoms with Crippen LogP contribution in [0.3, 0.4) is 0 Å². The molecule has 4 rings (SSSR count). The van der Waals surface area contributed by atoms with Crippen molar-refractivity contribution in [3.8, 4) is 11.3 Å². The number of rotatable bonds is 8. The molecule has 6 heteroatoms. The quantitative estimate of drug-likeness (QED) is 0.555. The van der Waals surface area contributed by atoms with Crippen molar-refractivity contribution in [3.05, 3.63) is 83.9 Å². The molecule has 0 spiro atoms. The number of nitrogens with one attached hydrogen (secondary N) is 1. The van der Waals surface area contributed by atoms with Gasteiger partial charge in [0.1, 0.15) is 17.3 Å². The highest BCUT2D eigenvalue weighted by Crippen LogP contribution is 2.25. The summed E-state index contributed by atoms with van der Waals surface area (Å²) in [5.41, 5.74) is 1.40. The number of ether oxygens (including phenoxy) is 1. The lowest BCUT2D eigenvalue weighted by atomic mass is 10.1. The van der Waals surface area contributed by atoms with E-state index in [2.05, 4.69) is 5.32 Å². The summed E-state index contributed by atoms with van der Waals surface area (Å²) in [7, 11) is 0. The lowest BCUT2D eigenvalue weighted by molar-refractivity contribution is -0.156. The Morgan fingerprint density at radius 2 is 1.77 bits per heavy atom. The van der Waals surface area contributed by atoms with Crippen molar-refractivity contribution in [3.63, 3.8) is 0 Å². The summed E-state index contributed by atoms with van der Waals surface area (Å²) < 4.78 is 24.5. The molecule has 0 saturated heterocycles. The van der Waals surface area contributed by atoms with Gasteiger partial charge in [0.2, 0.25) is 6.10 Å². The number of benzene rings is 2. The predicted octanol–water partition coefficient (Wildman–Crippen LogP) is 4.58. The van der Waals surface area contributed by atoms with Crippen LogP contribution in [0.2, 0.25) is 0 Å². The topological polar surface area (TPSA) is 68.5 Å².